The molecule has 4 rings (SSSR count). The first-order chi connectivity index (χ1) is 15.5. The summed E-state index contributed by atoms with van der Waals surface area (Å²) < 4.78 is 16.6. The van der Waals surface area contributed by atoms with E-state index in [1.807, 2.05) is 17.5 Å². The number of hydrogen-bond donors (Lipinski definition) is 2. The minimum Gasteiger partial charge on any atom is -0.493 e. The summed E-state index contributed by atoms with van der Waals surface area (Å²) in [6, 6.07) is 10.9. The van der Waals surface area contributed by atoms with Gasteiger partial charge in [-0.05, 0) is 35.9 Å². The van der Waals surface area contributed by atoms with Crippen LogP contribution in [-0.4, -0.2) is 37.1 Å². The van der Waals surface area contributed by atoms with Gasteiger partial charge in [-0.25, -0.2) is 4.98 Å². The Labute approximate surface area is 188 Å². The molecule has 3 aromatic rings. The second-order valence-electron chi connectivity index (χ2n) is 6.87. The molecule has 1 aromatic heterocycles. The molecule has 0 atom stereocenters. The Morgan fingerprint density at radius 3 is 2.66 bits per heavy atom. The minimum atomic E-state index is -0.305. The van der Waals surface area contributed by atoms with Crippen molar-refractivity contribution in [2.24, 2.45) is 0 Å². The van der Waals surface area contributed by atoms with Gasteiger partial charge in [0.15, 0.2) is 16.6 Å². The van der Waals surface area contributed by atoms with E-state index in [1.165, 1.54) is 24.3 Å². The van der Waals surface area contributed by atoms with Gasteiger partial charge < -0.3 is 19.5 Å². The highest BCUT2D eigenvalue weighted by Crippen LogP contribution is 2.40. The fraction of sp³-hybridized carbons (Fsp3) is 0.174. The average molecular weight is 452 g/mol. The number of benzene rings is 2. The molecule has 2 N–H and O–H groups in total. The van der Waals surface area contributed by atoms with Gasteiger partial charge in [0.05, 0.1) is 12.8 Å². The molecule has 8 nitrogen and oxygen atoms in total. The van der Waals surface area contributed by atoms with Crippen molar-refractivity contribution in [2.45, 2.75) is 6.92 Å². The second-order valence-corrected chi connectivity index (χ2v) is 7.72. The van der Waals surface area contributed by atoms with Crippen LogP contribution in [-0.2, 0) is 9.59 Å². The summed E-state index contributed by atoms with van der Waals surface area (Å²) in [5.41, 5.74) is 3.08. The van der Waals surface area contributed by atoms with Crippen LogP contribution in [0.15, 0.2) is 47.9 Å². The number of anilines is 2. The molecule has 2 heterocycles. The molecular formula is C23H21N3O5S. The first kappa shape index (κ1) is 21.4. The Kier molecular flexibility index (Phi) is 6.37. The van der Waals surface area contributed by atoms with Crippen molar-refractivity contribution >= 4 is 40.0 Å². The van der Waals surface area contributed by atoms with Crippen LogP contribution in [0.5, 0.6) is 17.2 Å². The lowest BCUT2D eigenvalue weighted by atomic mass is 10.1. The fourth-order valence-corrected chi connectivity index (χ4v) is 3.82. The molecule has 0 saturated heterocycles. The molecule has 32 heavy (non-hydrogen) atoms. The summed E-state index contributed by atoms with van der Waals surface area (Å²) in [5.74, 6) is 1.28. The Bertz CT molecular complexity index is 1150. The van der Waals surface area contributed by atoms with E-state index >= 15 is 0 Å². The summed E-state index contributed by atoms with van der Waals surface area (Å²) in [6.45, 7) is 2.39. The van der Waals surface area contributed by atoms with Gasteiger partial charge in [0, 0.05) is 29.6 Å². The predicted molar refractivity (Wildman–Crippen MR) is 124 cm³/mol. The number of fused-ring (bicyclic) bond motifs is 1. The van der Waals surface area contributed by atoms with Crippen LogP contribution < -0.4 is 24.8 Å². The van der Waals surface area contributed by atoms with E-state index < -0.39 is 0 Å². The van der Waals surface area contributed by atoms with Crippen LogP contribution in [0, 0.1) is 0 Å². The maximum absolute atomic E-state index is 12.4. The highest BCUT2D eigenvalue weighted by molar-refractivity contribution is 7.14. The Hall–Kier alpha value is -3.85. The summed E-state index contributed by atoms with van der Waals surface area (Å²) in [4.78, 5) is 28.0. The van der Waals surface area contributed by atoms with E-state index in [-0.39, 0.29) is 11.8 Å². The SMILES string of the molecule is COc1cc(/C=C/C(=O)Nc2nc(-c3ccc(NC(C)=O)cc3)cs2)cc2c1OCCO2. The number of amides is 2. The maximum Gasteiger partial charge on any atom is 0.250 e. The molecule has 1 aliphatic rings. The lowest BCUT2D eigenvalue weighted by Gasteiger charge is -2.20. The van der Waals surface area contributed by atoms with E-state index in [9.17, 15) is 9.59 Å². The number of methoxy groups -OCH3 is 1. The van der Waals surface area contributed by atoms with Crippen molar-refractivity contribution in [1.82, 2.24) is 4.98 Å². The van der Waals surface area contributed by atoms with E-state index in [0.717, 1.165) is 16.8 Å². The molecule has 0 spiro atoms. The summed E-state index contributed by atoms with van der Waals surface area (Å²) in [6.07, 6.45) is 3.10. The molecule has 0 radical (unpaired) electrons. The van der Waals surface area contributed by atoms with Gasteiger partial charge in [-0.2, -0.15) is 0 Å². The third kappa shape index (κ3) is 5.06. The number of rotatable bonds is 6. The number of carbonyl (C=O) groups is 2. The zero-order valence-corrected chi connectivity index (χ0v) is 18.3. The summed E-state index contributed by atoms with van der Waals surface area (Å²) >= 11 is 1.33. The van der Waals surface area contributed by atoms with Gasteiger partial charge in [0.2, 0.25) is 17.6 Å². The summed E-state index contributed by atoms with van der Waals surface area (Å²) in [5, 5.41) is 7.84. The highest BCUT2D eigenvalue weighted by Gasteiger charge is 2.18. The fourth-order valence-electron chi connectivity index (χ4n) is 3.10. The molecular weight excluding hydrogens is 430 g/mol. The number of nitrogens with zero attached hydrogens (tertiary/aromatic N) is 1. The van der Waals surface area contributed by atoms with Crippen molar-refractivity contribution < 1.29 is 23.8 Å². The third-order valence-corrected chi connectivity index (χ3v) is 5.27. The highest BCUT2D eigenvalue weighted by atomic mass is 32.1. The molecule has 0 unspecified atom stereocenters. The Balaban J connectivity index is 1.41. The van der Waals surface area contributed by atoms with Gasteiger partial charge >= 0.3 is 0 Å². The van der Waals surface area contributed by atoms with Gasteiger partial charge in [-0.15, -0.1) is 11.3 Å². The number of thiazole rings is 1. The van der Waals surface area contributed by atoms with Gasteiger partial charge in [0.1, 0.15) is 13.2 Å². The number of carbonyl (C=O) groups excluding carboxylic acids is 2. The first-order valence-corrected chi connectivity index (χ1v) is 10.7. The topological polar surface area (TPSA) is 98.8 Å². The summed E-state index contributed by atoms with van der Waals surface area (Å²) in [7, 11) is 1.56. The second kappa shape index (κ2) is 9.52. The van der Waals surface area contributed by atoms with Crippen molar-refractivity contribution in [1.29, 1.82) is 0 Å². The van der Waals surface area contributed by atoms with E-state index in [0.29, 0.717) is 41.3 Å². The molecule has 1 aliphatic heterocycles. The van der Waals surface area contributed by atoms with Crippen molar-refractivity contribution in [3.63, 3.8) is 0 Å². The van der Waals surface area contributed by atoms with Crippen LogP contribution in [0.1, 0.15) is 12.5 Å². The van der Waals surface area contributed by atoms with Gasteiger partial charge in [0.25, 0.3) is 0 Å². The maximum atomic E-state index is 12.4. The smallest absolute Gasteiger partial charge is 0.250 e. The quantitative estimate of drug-likeness (QED) is 0.545. The number of nitrogens with one attached hydrogen (secondary N) is 2. The third-order valence-electron chi connectivity index (χ3n) is 4.51. The molecule has 2 amide bonds. The largest absolute Gasteiger partial charge is 0.493 e. The van der Waals surface area contributed by atoms with Crippen molar-refractivity contribution in [3.8, 4) is 28.5 Å². The Morgan fingerprint density at radius 1 is 1.12 bits per heavy atom. The van der Waals surface area contributed by atoms with E-state index in [4.69, 9.17) is 14.2 Å². The molecule has 9 heteroatoms. The van der Waals surface area contributed by atoms with E-state index in [1.54, 1.807) is 37.5 Å². The van der Waals surface area contributed by atoms with Crippen molar-refractivity contribution in [3.05, 3.63) is 53.4 Å². The van der Waals surface area contributed by atoms with Crippen LogP contribution in [0.3, 0.4) is 0 Å². The molecule has 0 aliphatic carbocycles. The predicted octanol–water partition coefficient (Wildman–Crippen LogP) is 4.20. The normalized spacial score (nSPS) is 12.4. The van der Waals surface area contributed by atoms with Gasteiger partial charge in [-0.1, -0.05) is 12.1 Å². The zero-order valence-electron chi connectivity index (χ0n) is 17.5. The standard InChI is InChI=1S/C23H21N3O5S/c1-14(27)24-17-6-4-16(5-7-17)18-13-32-23(25-18)26-21(28)8-3-15-11-19(29-2)22-20(12-15)30-9-10-31-22/h3-8,11-13H,9-10H2,1-2H3,(H,24,27)(H,25,26,28)/b8-3+. The van der Waals surface area contributed by atoms with Crippen LogP contribution >= 0.6 is 11.3 Å². The zero-order chi connectivity index (χ0) is 22.5. The average Bonchev–Trinajstić information content (AvgIpc) is 3.25. The van der Waals surface area contributed by atoms with Crippen LogP contribution in [0.4, 0.5) is 10.8 Å². The van der Waals surface area contributed by atoms with Gasteiger partial charge in [-0.3, -0.25) is 14.9 Å². The molecule has 2 aromatic carbocycles. The van der Waals surface area contributed by atoms with E-state index in [2.05, 4.69) is 15.6 Å². The lowest BCUT2D eigenvalue weighted by molar-refractivity contribution is -0.114. The van der Waals surface area contributed by atoms with Crippen LogP contribution in [0.2, 0.25) is 0 Å². The monoisotopic (exact) mass is 451 g/mol. The van der Waals surface area contributed by atoms with Crippen LogP contribution in [0.25, 0.3) is 17.3 Å². The molecule has 164 valence electrons. The number of hydrogen-bond acceptors (Lipinski definition) is 7. The first-order valence-electron chi connectivity index (χ1n) is 9.82. The molecule has 0 bridgehead atoms. The molecule has 0 saturated carbocycles. The number of ether oxygens (including phenoxy) is 3. The lowest BCUT2D eigenvalue weighted by Crippen LogP contribution is -2.16. The molecule has 0 fully saturated rings. The Morgan fingerprint density at radius 2 is 1.91 bits per heavy atom. The minimum absolute atomic E-state index is 0.126. The number of aromatic nitrogens is 1. The van der Waals surface area contributed by atoms with Crippen molar-refractivity contribution in [2.75, 3.05) is 31.0 Å².